The molecule has 0 spiro atoms. The lowest BCUT2D eigenvalue weighted by atomic mass is 10.2. The number of carbonyl (C=O) groups excluding carboxylic acids is 2. The molecule has 1 heterocycles. The molecular formula is C15H15N3O4. The summed E-state index contributed by atoms with van der Waals surface area (Å²) in [6, 6.07) is 7.72. The normalized spacial score (nSPS) is 10.6. The number of hydrogen-bond acceptors (Lipinski definition) is 5. The largest absolute Gasteiger partial charge is 0.506 e. The molecule has 0 aliphatic heterocycles. The maximum absolute atomic E-state index is 11.8. The summed E-state index contributed by atoms with van der Waals surface area (Å²) >= 11 is 0. The lowest BCUT2D eigenvalue weighted by molar-refractivity contribution is -0.115. The summed E-state index contributed by atoms with van der Waals surface area (Å²) in [4.78, 5) is 23.0. The maximum Gasteiger partial charge on any atom is 0.248 e. The van der Waals surface area contributed by atoms with Crippen LogP contribution >= 0.6 is 0 Å². The van der Waals surface area contributed by atoms with E-state index < -0.39 is 5.91 Å². The van der Waals surface area contributed by atoms with Crippen molar-refractivity contribution < 1.29 is 19.1 Å². The van der Waals surface area contributed by atoms with Crippen molar-refractivity contribution in [2.75, 3.05) is 17.2 Å². The van der Waals surface area contributed by atoms with Crippen molar-refractivity contribution in [3.05, 3.63) is 48.4 Å². The van der Waals surface area contributed by atoms with Gasteiger partial charge in [-0.15, -0.1) is 0 Å². The lowest BCUT2D eigenvalue weighted by Crippen LogP contribution is -2.22. The Morgan fingerprint density at radius 3 is 2.77 bits per heavy atom. The molecule has 0 fully saturated rings. The average Bonchev–Trinajstić information content (AvgIpc) is 3.02. The van der Waals surface area contributed by atoms with Crippen LogP contribution < -0.4 is 16.4 Å². The highest BCUT2D eigenvalue weighted by Gasteiger charge is 2.07. The number of aromatic hydroxyl groups is 1. The Bertz CT molecular complexity index is 693. The molecular weight excluding hydrogens is 286 g/mol. The predicted molar refractivity (Wildman–Crippen MR) is 82.2 cm³/mol. The Balaban J connectivity index is 2.04. The smallest absolute Gasteiger partial charge is 0.248 e. The van der Waals surface area contributed by atoms with Crippen molar-refractivity contribution in [2.45, 2.75) is 0 Å². The van der Waals surface area contributed by atoms with Crippen LogP contribution in [0.2, 0.25) is 0 Å². The van der Waals surface area contributed by atoms with Gasteiger partial charge in [0.15, 0.2) is 0 Å². The van der Waals surface area contributed by atoms with Crippen molar-refractivity contribution in [1.82, 2.24) is 0 Å². The molecule has 1 aromatic carbocycles. The highest BCUT2D eigenvalue weighted by atomic mass is 16.3. The van der Waals surface area contributed by atoms with Gasteiger partial charge in [-0.25, -0.2) is 0 Å². The van der Waals surface area contributed by atoms with Crippen LogP contribution in [0.1, 0.15) is 5.76 Å². The molecule has 0 saturated heterocycles. The number of nitrogens with two attached hydrogens (primary N) is 1. The minimum atomic E-state index is -0.448. The molecule has 0 saturated carbocycles. The molecule has 0 aliphatic rings. The molecule has 0 aliphatic carbocycles. The van der Waals surface area contributed by atoms with E-state index >= 15 is 0 Å². The quantitative estimate of drug-likeness (QED) is 0.379. The van der Waals surface area contributed by atoms with Gasteiger partial charge in [-0.1, -0.05) is 0 Å². The Labute approximate surface area is 126 Å². The number of phenols is 1. The minimum Gasteiger partial charge on any atom is -0.506 e. The SMILES string of the molecule is NCC(=O)Nc1cc(NC(=O)/C=C/c2ccco2)ccc1O. The molecule has 0 bridgehead atoms. The van der Waals surface area contributed by atoms with Gasteiger partial charge in [-0.05, 0) is 36.4 Å². The van der Waals surface area contributed by atoms with Crippen molar-refractivity contribution >= 4 is 29.3 Å². The van der Waals surface area contributed by atoms with Crippen LogP contribution in [0.3, 0.4) is 0 Å². The summed E-state index contributed by atoms with van der Waals surface area (Å²) in [5.41, 5.74) is 5.78. The number of nitrogens with one attached hydrogen (secondary N) is 2. The van der Waals surface area contributed by atoms with E-state index in [1.807, 2.05) is 0 Å². The fraction of sp³-hybridized carbons (Fsp3) is 0.0667. The summed E-state index contributed by atoms with van der Waals surface area (Å²) in [6.07, 6.45) is 4.33. The number of furan rings is 1. The lowest BCUT2D eigenvalue weighted by Gasteiger charge is -2.09. The Morgan fingerprint density at radius 2 is 2.09 bits per heavy atom. The highest BCUT2D eigenvalue weighted by molar-refractivity contribution is 6.02. The van der Waals surface area contributed by atoms with E-state index in [0.29, 0.717) is 11.4 Å². The van der Waals surface area contributed by atoms with Crippen LogP contribution in [0.5, 0.6) is 5.75 Å². The van der Waals surface area contributed by atoms with Crippen LogP contribution in [0.4, 0.5) is 11.4 Å². The highest BCUT2D eigenvalue weighted by Crippen LogP contribution is 2.26. The molecule has 0 unspecified atom stereocenters. The third-order valence-electron chi connectivity index (χ3n) is 2.67. The molecule has 2 aromatic rings. The number of hydrogen-bond donors (Lipinski definition) is 4. The second-order valence-electron chi connectivity index (χ2n) is 4.32. The van der Waals surface area contributed by atoms with Crippen molar-refractivity contribution in [2.24, 2.45) is 5.73 Å². The van der Waals surface area contributed by atoms with Gasteiger partial charge in [0.1, 0.15) is 11.5 Å². The van der Waals surface area contributed by atoms with Gasteiger partial charge in [-0.3, -0.25) is 9.59 Å². The van der Waals surface area contributed by atoms with E-state index in [1.165, 1.54) is 36.6 Å². The van der Waals surface area contributed by atoms with Crippen LogP contribution in [0, 0.1) is 0 Å². The molecule has 1 aromatic heterocycles. The van der Waals surface area contributed by atoms with E-state index in [1.54, 1.807) is 12.1 Å². The topological polar surface area (TPSA) is 118 Å². The number of amides is 2. The molecule has 0 atom stereocenters. The van der Waals surface area contributed by atoms with Crippen molar-refractivity contribution in [3.63, 3.8) is 0 Å². The fourth-order valence-corrected chi connectivity index (χ4v) is 1.64. The second kappa shape index (κ2) is 7.09. The predicted octanol–water partition coefficient (Wildman–Crippen LogP) is 1.53. The number of carbonyl (C=O) groups is 2. The standard InChI is InChI=1S/C15H15N3O4/c16-9-15(21)18-12-8-10(3-5-13(12)19)17-14(20)6-4-11-2-1-7-22-11/h1-8,19H,9,16H2,(H,17,20)(H,18,21)/b6-4+. The zero-order valence-corrected chi connectivity index (χ0v) is 11.6. The number of phenolic OH excluding ortho intramolecular Hbond substituents is 1. The van der Waals surface area contributed by atoms with E-state index in [9.17, 15) is 14.7 Å². The van der Waals surface area contributed by atoms with Crippen LogP contribution in [-0.2, 0) is 9.59 Å². The summed E-state index contributed by atoms with van der Waals surface area (Å²) < 4.78 is 5.07. The Morgan fingerprint density at radius 1 is 1.27 bits per heavy atom. The first-order valence-electron chi connectivity index (χ1n) is 6.44. The average molecular weight is 301 g/mol. The van der Waals surface area contributed by atoms with Gasteiger partial charge in [-0.2, -0.15) is 0 Å². The molecule has 114 valence electrons. The fourth-order valence-electron chi connectivity index (χ4n) is 1.64. The van der Waals surface area contributed by atoms with E-state index in [2.05, 4.69) is 10.6 Å². The van der Waals surface area contributed by atoms with Gasteiger partial charge in [0.25, 0.3) is 0 Å². The third-order valence-corrected chi connectivity index (χ3v) is 2.67. The molecule has 5 N–H and O–H groups in total. The molecule has 22 heavy (non-hydrogen) atoms. The third kappa shape index (κ3) is 4.22. The van der Waals surface area contributed by atoms with Crippen molar-refractivity contribution in [1.29, 1.82) is 0 Å². The zero-order chi connectivity index (χ0) is 15.9. The zero-order valence-electron chi connectivity index (χ0n) is 11.6. The van der Waals surface area contributed by atoms with Gasteiger partial charge in [0.05, 0.1) is 18.5 Å². The summed E-state index contributed by atoms with van der Waals surface area (Å²) in [5, 5.41) is 14.7. The van der Waals surface area contributed by atoms with Crippen LogP contribution in [-0.4, -0.2) is 23.5 Å². The molecule has 7 nitrogen and oxygen atoms in total. The number of rotatable bonds is 5. The summed E-state index contributed by atoms with van der Waals surface area (Å²) in [6.45, 7) is -0.206. The Kier molecular flexibility index (Phi) is 4.94. The molecule has 7 heteroatoms. The summed E-state index contributed by atoms with van der Waals surface area (Å²) in [5.74, 6) is -0.391. The van der Waals surface area contributed by atoms with Crippen LogP contribution in [0.25, 0.3) is 6.08 Å². The molecule has 2 amide bonds. The minimum absolute atomic E-state index is 0.120. The number of benzene rings is 1. The maximum atomic E-state index is 11.8. The first kappa shape index (κ1) is 15.3. The second-order valence-corrected chi connectivity index (χ2v) is 4.32. The molecule has 2 rings (SSSR count). The van der Waals surface area contributed by atoms with Gasteiger partial charge in [0.2, 0.25) is 11.8 Å². The van der Waals surface area contributed by atoms with Gasteiger partial charge < -0.3 is 25.9 Å². The molecule has 0 radical (unpaired) electrons. The summed E-state index contributed by atoms with van der Waals surface area (Å²) in [7, 11) is 0. The first-order valence-corrected chi connectivity index (χ1v) is 6.44. The van der Waals surface area contributed by atoms with Crippen LogP contribution in [0.15, 0.2) is 47.1 Å². The first-order chi connectivity index (χ1) is 10.6. The van der Waals surface area contributed by atoms with E-state index in [4.69, 9.17) is 10.2 Å². The van der Waals surface area contributed by atoms with Crippen molar-refractivity contribution in [3.8, 4) is 5.75 Å². The van der Waals surface area contributed by atoms with Gasteiger partial charge >= 0.3 is 0 Å². The van der Waals surface area contributed by atoms with E-state index in [0.717, 1.165) is 0 Å². The Hall–Kier alpha value is -3.06. The number of anilines is 2. The van der Waals surface area contributed by atoms with E-state index in [-0.39, 0.29) is 23.9 Å². The monoisotopic (exact) mass is 301 g/mol. The van der Waals surface area contributed by atoms with Gasteiger partial charge in [0, 0.05) is 11.8 Å².